The van der Waals surface area contributed by atoms with E-state index in [1.54, 1.807) is 0 Å². The maximum absolute atomic E-state index is 3.59. The van der Waals surface area contributed by atoms with E-state index in [1.807, 2.05) is 7.05 Å². The monoisotopic (exact) mass is 651 g/mol. The van der Waals surface area contributed by atoms with E-state index in [1.165, 1.54) is 105 Å². The second-order valence-electron chi connectivity index (χ2n) is 11.7. The van der Waals surface area contributed by atoms with E-state index in [0.717, 1.165) is 18.2 Å². The van der Waals surface area contributed by atoms with E-state index in [9.17, 15) is 0 Å². The Labute approximate surface area is 288 Å². The zero-order valence-electron chi connectivity index (χ0n) is 26.8. The summed E-state index contributed by atoms with van der Waals surface area (Å²) in [6, 6.07) is 26.3. The van der Waals surface area contributed by atoms with Gasteiger partial charge in [-0.1, -0.05) is 97.6 Å². The molecule has 2 aliphatic rings. The summed E-state index contributed by atoms with van der Waals surface area (Å²) >= 11 is 0. The molecule has 4 aromatic rings. The van der Waals surface area contributed by atoms with Crippen LogP contribution in [0.4, 0.5) is 5.69 Å². The zero-order chi connectivity index (χ0) is 27.4. The third-order valence-electron chi connectivity index (χ3n) is 8.62. The normalized spacial score (nSPS) is 13.4. The number of rotatable bonds is 9. The molecule has 2 fully saturated rings. The van der Waals surface area contributed by atoms with Crippen molar-refractivity contribution in [2.75, 3.05) is 11.9 Å². The Kier molecular flexibility index (Phi) is 21.1. The fourth-order valence-corrected chi connectivity index (χ4v) is 6.06. The fourth-order valence-electron chi connectivity index (χ4n) is 6.06. The van der Waals surface area contributed by atoms with Gasteiger partial charge in [-0.2, -0.15) is 4.57 Å². The van der Waals surface area contributed by atoms with Crippen LogP contribution in [0.15, 0.2) is 97.6 Å². The van der Waals surface area contributed by atoms with Gasteiger partial charge in [0.25, 0.3) is 0 Å². The van der Waals surface area contributed by atoms with E-state index >= 15 is 0 Å². The van der Waals surface area contributed by atoms with E-state index in [2.05, 4.69) is 112 Å². The third-order valence-corrected chi connectivity index (χ3v) is 8.62. The first-order chi connectivity index (χ1) is 19.7. The Morgan fingerprint density at radius 1 is 0.578 bits per heavy atom. The second kappa shape index (κ2) is 22.5. The molecule has 4 heteroatoms. The molecule has 0 bridgehead atoms. The number of hydrogen-bond acceptors (Lipinski definition) is 1. The van der Waals surface area contributed by atoms with E-state index in [0.29, 0.717) is 0 Å². The number of hydrogen-bond donors (Lipinski definition) is 1. The van der Waals surface area contributed by atoms with E-state index < -0.39 is 0 Å². The first kappa shape index (κ1) is 42.1. The van der Waals surface area contributed by atoms with Gasteiger partial charge in [0.05, 0.1) is 0 Å². The van der Waals surface area contributed by atoms with Gasteiger partial charge in [0.1, 0.15) is 7.05 Å². The van der Waals surface area contributed by atoms with Crippen molar-refractivity contribution in [1.29, 1.82) is 0 Å². The van der Waals surface area contributed by atoms with Gasteiger partial charge in [-0.3, -0.25) is 0 Å². The van der Waals surface area contributed by atoms with Crippen LogP contribution in [0.2, 0.25) is 0 Å². The SMILES string of the molecule is C.C.C1CCCC1.C[n+]1ccc(-c2cc[n+](-c3ccc(-c4ccc(NCCCCC5CCCC5)cc4)cc3)cc2)cc1.[CH3-].[CH3-].[Fe+2]. The van der Waals surface area contributed by atoms with Gasteiger partial charge in [-0.15, -0.1) is 0 Å². The number of unbranched alkanes of at least 4 members (excludes halogenated alkanes) is 1. The average Bonchev–Trinajstić information content (AvgIpc) is 3.76. The molecule has 1 N–H and O–H groups in total. The molecular formula is C41H61FeN3+2. The minimum atomic E-state index is 0. The number of pyridine rings is 2. The predicted octanol–water partition coefficient (Wildman–Crippen LogP) is 11.0. The van der Waals surface area contributed by atoms with Crippen molar-refractivity contribution >= 4 is 5.69 Å². The van der Waals surface area contributed by atoms with Crippen LogP contribution >= 0.6 is 0 Å². The molecule has 0 spiro atoms. The van der Waals surface area contributed by atoms with Crippen molar-refractivity contribution in [3.63, 3.8) is 0 Å². The third kappa shape index (κ3) is 13.1. The summed E-state index contributed by atoms with van der Waals surface area (Å²) in [4.78, 5) is 0. The minimum absolute atomic E-state index is 0. The molecule has 2 aromatic heterocycles. The minimum Gasteiger partial charge on any atom is -0.385 e. The van der Waals surface area contributed by atoms with Crippen LogP contribution in [0.1, 0.15) is 91.9 Å². The number of nitrogens with one attached hydrogen (secondary N) is 1. The average molecular weight is 652 g/mol. The Balaban J connectivity index is 0.00000177. The smallest absolute Gasteiger partial charge is 0.385 e. The predicted molar refractivity (Wildman–Crippen MR) is 194 cm³/mol. The van der Waals surface area contributed by atoms with Gasteiger partial charge >= 0.3 is 17.1 Å². The van der Waals surface area contributed by atoms with Crippen LogP contribution in [0, 0.1) is 20.8 Å². The molecule has 2 saturated carbocycles. The number of aromatic nitrogens is 2. The first-order valence-corrected chi connectivity index (χ1v) is 15.7. The molecule has 246 valence electrons. The van der Waals surface area contributed by atoms with Gasteiger partial charge in [-0.05, 0) is 58.9 Å². The number of benzene rings is 2. The molecule has 0 atom stereocenters. The van der Waals surface area contributed by atoms with E-state index in [-0.39, 0.29) is 46.8 Å². The summed E-state index contributed by atoms with van der Waals surface area (Å²) in [5, 5.41) is 3.59. The second-order valence-corrected chi connectivity index (χ2v) is 11.7. The summed E-state index contributed by atoms with van der Waals surface area (Å²) in [7, 11) is 2.04. The maximum Gasteiger partial charge on any atom is 2.00 e. The Morgan fingerprint density at radius 3 is 1.53 bits per heavy atom. The van der Waals surface area contributed by atoms with Crippen LogP contribution in [0.25, 0.3) is 27.9 Å². The molecule has 45 heavy (non-hydrogen) atoms. The van der Waals surface area contributed by atoms with Crippen LogP contribution in [-0.4, -0.2) is 6.54 Å². The van der Waals surface area contributed by atoms with Gasteiger partial charge < -0.3 is 20.2 Å². The topological polar surface area (TPSA) is 19.8 Å². The van der Waals surface area contributed by atoms with Gasteiger partial charge in [0, 0.05) is 48.6 Å². The maximum atomic E-state index is 3.59. The van der Waals surface area contributed by atoms with Crippen molar-refractivity contribution in [2.45, 2.75) is 91.9 Å². The number of anilines is 1. The summed E-state index contributed by atoms with van der Waals surface area (Å²) in [5.74, 6) is 1.01. The largest absolute Gasteiger partial charge is 2.00 e. The molecular weight excluding hydrogens is 590 g/mol. The summed E-state index contributed by atoms with van der Waals surface area (Å²) in [5.41, 5.74) is 7.32. The number of nitrogens with zero attached hydrogens (tertiary/aromatic N) is 2. The molecule has 0 radical (unpaired) electrons. The molecule has 2 aliphatic carbocycles. The van der Waals surface area contributed by atoms with E-state index in [4.69, 9.17) is 0 Å². The molecule has 0 amide bonds. The van der Waals surface area contributed by atoms with Crippen molar-refractivity contribution in [2.24, 2.45) is 13.0 Å². The molecule has 3 nitrogen and oxygen atoms in total. The quantitative estimate of drug-likeness (QED) is 0.0826. The van der Waals surface area contributed by atoms with Crippen LogP contribution < -0.4 is 14.5 Å². The van der Waals surface area contributed by atoms with Gasteiger partial charge in [0.15, 0.2) is 24.8 Å². The van der Waals surface area contributed by atoms with Crippen LogP contribution in [-0.2, 0) is 24.1 Å². The van der Waals surface area contributed by atoms with Crippen LogP contribution in [0.3, 0.4) is 0 Å². The van der Waals surface area contributed by atoms with Crippen LogP contribution in [0.5, 0.6) is 0 Å². The number of aryl methyl sites for hydroxylation is 1. The summed E-state index contributed by atoms with van der Waals surface area (Å²) in [6.07, 6.45) is 25.8. The molecule has 2 aromatic carbocycles. The van der Waals surface area contributed by atoms with Crippen molar-refractivity contribution in [3.05, 3.63) is 112 Å². The molecule has 2 heterocycles. The van der Waals surface area contributed by atoms with Crippen molar-refractivity contribution in [1.82, 2.24) is 0 Å². The first-order valence-electron chi connectivity index (χ1n) is 15.7. The fraction of sp³-hybridized carbons (Fsp3) is 0.415. The molecule has 0 aliphatic heterocycles. The Morgan fingerprint density at radius 2 is 1.02 bits per heavy atom. The Hall–Kier alpha value is -2.94. The van der Waals surface area contributed by atoms with Crippen molar-refractivity contribution < 1.29 is 26.2 Å². The van der Waals surface area contributed by atoms with Gasteiger partial charge in [0.2, 0.25) is 5.69 Å². The zero-order valence-corrected chi connectivity index (χ0v) is 27.9. The van der Waals surface area contributed by atoms with Gasteiger partial charge in [-0.25, -0.2) is 4.57 Å². The Bertz CT molecular complexity index is 1270. The molecule has 6 rings (SSSR count). The molecule has 0 unspecified atom stereocenters. The standard InChI is InChI=1S/C32H36N3.C5H10.2CH4.2CH3.Fe/c1-34-22-17-29(18-23-34)30-19-24-35(25-20-30)32-15-11-28(12-16-32)27-9-13-31(14-10-27)33-21-5-4-8-26-6-2-3-7-26;1-2-4-5-3-1;;;;;/h9-20,22-26H,2-8,21H2,1H3;1-5H2;2*1H4;2*1H3;/q+1;;;;2*-1;+2/p+1. The summed E-state index contributed by atoms with van der Waals surface area (Å²) < 4.78 is 4.22. The summed E-state index contributed by atoms with van der Waals surface area (Å²) in [6.45, 7) is 1.07. The van der Waals surface area contributed by atoms with Crippen molar-refractivity contribution in [3.8, 4) is 27.9 Å². The molecule has 0 saturated heterocycles.